The summed E-state index contributed by atoms with van der Waals surface area (Å²) in [5.41, 5.74) is 2.82. The van der Waals surface area contributed by atoms with Gasteiger partial charge in [-0.2, -0.15) is 5.10 Å². The number of aryl methyl sites for hydroxylation is 2. The Kier molecular flexibility index (Phi) is 5.98. The average Bonchev–Trinajstić information content (AvgIpc) is 3.09. The Hall–Kier alpha value is -3.13. The van der Waals surface area contributed by atoms with Crippen molar-refractivity contribution in [1.29, 1.82) is 0 Å². The Bertz CT molecular complexity index is 1170. The topological polar surface area (TPSA) is 84.3 Å². The van der Waals surface area contributed by atoms with Crippen LogP contribution in [-0.2, 0) is 17.1 Å². The van der Waals surface area contributed by atoms with Gasteiger partial charge in [0.15, 0.2) is 5.82 Å². The fourth-order valence-corrected chi connectivity index (χ4v) is 4.49. The summed E-state index contributed by atoms with van der Waals surface area (Å²) >= 11 is 0. The number of rotatable bonds is 6. The van der Waals surface area contributed by atoms with Crippen LogP contribution >= 0.6 is 0 Å². The van der Waals surface area contributed by atoms with Gasteiger partial charge < -0.3 is 5.32 Å². The van der Waals surface area contributed by atoms with Crippen molar-refractivity contribution in [3.8, 4) is 0 Å². The maximum atomic E-state index is 13.1. The Morgan fingerprint density at radius 2 is 1.73 bits per heavy atom. The molecule has 1 aromatic heterocycles. The molecule has 3 aromatic rings. The highest BCUT2D eigenvalue weighted by atomic mass is 32.2. The van der Waals surface area contributed by atoms with E-state index in [1.54, 1.807) is 31.3 Å². The summed E-state index contributed by atoms with van der Waals surface area (Å²) < 4.78 is 28.7. The van der Waals surface area contributed by atoms with Crippen molar-refractivity contribution >= 4 is 27.4 Å². The SMILES string of the molecule is Cc1ccc(S(=O)(=O)N(C)c2c(C(=O)Nc3ccccc3C(C)C)cnn2C)cc1. The molecule has 2 aromatic carbocycles. The predicted octanol–water partition coefficient (Wildman–Crippen LogP) is 3.93. The first-order valence-electron chi connectivity index (χ1n) is 9.60. The summed E-state index contributed by atoms with van der Waals surface area (Å²) in [4.78, 5) is 13.2. The van der Waals surface area contributed by atoms with E-state index in [1.165, 1.54) is 17.9 Å². The Morgan fingerprint density at radius 3 is 2.37 bits per heavy atom. The van der Waals surface area contributed by atoms with E-state index < -0.39 is 15.9 Å². The van der Waals surface area contributed by atoms with Crippen molar-refractivity contribution in [2.75, 3.05) is 16.7 Å². The van der Waals surface area contributed by atoms with Gasteiger partial charge >= 0.3 is 0 Å². The smallest absolute Gasteiger partial charge is 0.265 e. The van der Waals surface area contributed by atoms with Crippen molar-refractivity contribution in [2.45, 2.75) is 31.6 Å². The number of anilines is 2. The molecular formula is C22H26N4O3S. The van der Waals surface area contributed by atoms with Gasteiger partial charge in [0, 0.05) is 19.8 Å². The minimum atomic E-state index is -3.86. The van der Waals surface area contributed by atoms with E-state index in [2.05, 4.69) is 10.4 Å². The van der Waals surface area contributed by atoms with Crippen LogP contribution in [0.15, 0.2) is 59.6 Å². The predicted molar refractivity (Wildman–Crippen MR) is 118 cm³/mol. The second kappa shape index (κ2) is 8.31. The second-order valence-corrected chi connectivity index (χ2v) is 9.46. The van der Waals surface area contributed by atoms with E-state index in [0.29, 0.717) is 5.69 Å². The van der Waals surface area contributed by atoms with Crippen LogP contribution in [0.2, 0.25) is 0 Å². The molecule has 0 aliphatic heterocycles. The Morgan fingerprint density at radius 1 is 1.10 bits per heavy atom. The minimum absolute atomic E-state index is 0.147. The van der Waals surface area contributed by atoms with Crippen LogP contribution in [0.4, 0.5) is 11.5 Å². The van der Waals surface area contributed by atoms with Gasteiger partial charge in [0.1, 0.15) is 5.56 Å². The Balaban J connectivity index is 1.97. The largest absolute Gasteiger partial charge is 0.322 e. The van der Waals surface area contributed by atoms with Crippen molar-refractivity contribution in [1.82, 2.24) is 9.78 Å². The molecule has 0 atom stereocenters. The van der Waals surface area contributed by atoms with Gasteiger partial charge in [0.05, 0.1) is 11.1 Å². The van der Waals surface area contributed by atoms with E-state index in [1.807, 2.05) is 45.0 Å². The van der Waals surface area contributed by atoms with Crippen LogP contribution in [0.3, 0.4) is 0 Å². The normalized spacial score (nSPS) is 11.5. The highest BCUT2D eigenvalue weighted by Crippen LogP contribution is 2.28. The van der Waals surface area contributed by atoms with E-state index in [9.17, 15) is 13.2 Å². The fraction of sp³-hybridized carbons (Fsp3) is 0.273. The molecule has 0 aliphatic carbocycles. The summed E-state index contributed by atoms with van der Waals surface area (Å²) in [6, 6.07) is 14.1. The summed E-state index contributed by atoms with van der Waals surface area (Å²) in [7, 11) is -0.831. The van der Waals surface area contributed by atoms with E-state index >= 15 is 0 Å². The van der Waals surface area contributed by atoms with Gasteiger partial charge in [-0.05, 0) is 36.6 Å². The number of para-hydroxylation sites is 1. The first kappa shape index (κ1) is 21.6. The molecule has 0 bridgehead atoms. The summed E-state index contributed by atoms with van der Waals surface area (Å²) in [5, 5.41) is 7.03. The van der Waals surface area contributed by atoms with Gasteiger partial charge in [-0.1, -0.05) is 49.7 Å². The molecule has 0 fully saturated rings. The van der Waals surface area contributed by atoms with Crippen LogP contribution < -0.4 is 9.62 Å². The van der Waals surface area contributed by atoms with Crippen LogP contribution in [0.5, 0.6) is 0 Å². The molecule has 1 N–H and O–H groups in total. The molecule has 7 nitrogen and oxygen atoms in total. The van der Waals surface area contributed by atoms with Crippen LogP contribution in [0.1, 0.15) is 41.3 Å². The molecule has 0 spiro atoms. The lowest BCUT2D eigenvalue weighted by Gasteiger charge is -2.21. The number of nitrogens with one attached hydrogen (secondary N) is 1. The highest BCUT2D eigenvalue weighted by Gasteiger charge is 2.28. The molecule has 30 heavy (non-hydrogen) atoms. The lowest BCUT2D eigenvalue weighted by Crippen LogP contribution is -2.30. The van der Waals surface area contributed by atoms with E-state index in [0.717, 1.165) is 15.4 Å². The van der Waals surface area contributed by atoms with Crippen molar-refractivity contribution in [3.05, 3.63) is 71.4 Å². The molecule has 0 unspecified atom stereocenters. The van der Waals surface area contributed by atoms with Crippen LogP contribution in [0.25, 0.3) is 0 Å². The average molecular weight is 427 g/mol. The first-order chi connectivity index (χ1) is 14.1. The maximum Gasteiger partial charge on any atom is 0.265 e. The lowest BCUT2D eigenvalue weighted by molar-refractivity contribution is 0.102. The Labute approximate surface area is 177 Å². The zero-order valence-corrected chi connectivity index (χ0v) is 18.6. The number of hydrogen-bond donors (Lipinski definition) is 1. The number of carbonyl (C=O) groups is 1. The van der Waals surface area contributed by atoms with Gasteiger partial charge in [-0.3, -0.25) is 13.8 Å². The zero-order chi connectivity index (χ0) is 22.1. The quantitative estimate of drug-likeness (QED) is 0.647. The van der Waals surface area contributed by atoms with Gasteiger partial charge in [0.25, 0.3) is 15.9 Å². The summed E-state index contributed by atoms with van der Waals surface area (Å²) in [6.07, 6.45) is 1.38. The fourth-order valence-electron chi connectivity index (χ4n) is 3.25. The molecule has 0 saturated heterocycles. The third-order valence-electron chi connectivity index (χ3n) is 4.96. The van der Waals surface area contributed by atoms with Crippen molar-refractivity contribution in [2.24, 2.45) is 7.05 Å². The summed E-state index contributed by atoms with van der Waals surface area (Å²) in [5.74, 6) is -0.00767. The third-order valence-corrected chi connectivity index (χ3v) is 6.72. The number of sulfonamides is 1. The first-order valence-corrected chi connectivity index (χ1v) is 11.0. The van der Waals surface area contributed by atoms with E-state index in [4.69, 9.17) is 0 Å². The summed E-state index contributed by atoms with van der Waals surface area (Å²) in [6.45, 7) is 5.98. The molecule has 1 heterocycles. The monoisotopic (exact) mass is 426 g/mol. The number of carbonyl (C=O) groups excluding carboxylic acids is 1. The van der Waals surface area contributed by atoms with Gasteiger partial charge in [-0.15, -0.1) is 0 Å². The third kappa shape index (κ3) is 4.09. The molecule has 1 amide bonds. The maximum absolute atomic E-state index is 13.1. The van der Waals surface area contributed by atoms with Crippen LogP contribution in [-0.4, -0.2) is 31.2 Å². The molecule has 0 saturated carbocycles. The molecule has 8 heteroatoms. The molecular weight excluding hydrogens is 400 g/mol. The highest BCUT2D eigenvalue weighted by molar-refractivity contribution is 7.92. The number of benzene rings is 2. The van der Waals surface area contributed by atoms with Crippen molar-refractivity contribution in [3.63, 3.8) is 0 Å². The standard InChI is InChI=1S/C22H26N4O3S/c1-15(2)18-8-6-7-9-20(18)24-21(27)19-14-23-25(4)22(19)26(5)30(28,29)17-12-10-16(3)11-13-17/h6-15H,1-5H3,(H,24,27). The zero-order valence-electron chi connectivity index (χ0n) is 17.7. The number of aromatic nitrogens is 2. The molecule has 0 aliphatic rings. The van der Waals surface area contributed by atoms with Gasteiger partial charge in [-0.25, -0.2) is 8.42 Å². The van der Waals surface area contributed by atoms with Crippen LogP contribution in [0, 0.1) is 6.92 Å². The second-order valence-electron chi connectivity index (χ2n) is 7.49. The minimum Gasteiger partial charge on any atom is -0.322 e. The van der Waals surface area contributed by atoms with Gasteiger partial charge in [0.2, 0.25) is 0 Å². The molecule has 3 rings (SSSR count). The number of nitrogens with zero attached hydrogens (tertiary/aromatic N) is 3. The molecule has 0 radical (unpaired) electrons. The van der Waals surface area contributed by atoms with E-state index in [-0.39, 0.29) is 22.2 Å². The number of hydrogen-bond acceptors (Lipinski definition) is 4. The lowest BCUT2D eigenvalue weighted by atomic mass is 10.0. The molecule has 158 valence electrons. The number of amides is 1. The van der Waals surface area contributed by atoms with Crippen molar-refractivity contribution < 1.29 is 13.2 Å².